The Morgan fingerprint density at radius 3 is 2.74 bits per heavy atom. The molecule has 2 unspecified atom stereocenters. The predicted molar refractivity (Wildman–Crippen MR) is 76.4 cm³/mol. The summed E-state index contributed by atoms with van der Waals surface area (Å²) in [7, 11) is 0. The van der Waals surface area contributed by atoms with Gasteiger partial charge in [0, 0.05) is 5.39 Å². The molecule has 0 bridgehead atoms. The minimum atomic E-state index is -0.244. The summed E-state index contributed by atoms with van der Waals surface area (Å²) < 4.78 is 18.9. The highest BCUT2D eigenvalue weighted by atomic mass is 19.1. The lowest BCUT2D eigenvalue weighted by molar-refractivity contribution is 0.337. The van der Waals surface area contributed by atoms with Gasteiger partial charge in [-0.3, -0.25) is 0 Å². The fraction of sp³-hybridized carbons (Fsp3) is 0.500. The van der Waals surface area contributed by atoms with Crippen molar-refractivity contribution >= 4 is 11.0 Å². The number of hydrogen-bond donors (Lipinski definition) is 1. The van der Waals surface area contributed by atoms with Crippen LogP contribution < -0.4 is 5.73 Å². The van der Waals surface area contributed by atoms with E-state index in [9.17, 15) is 4.39 Å². The van der Waals surface area contributed by atoms with E-state index in [4.69, 9.17) is 10.2 Å². The Morgan fingerprint density at radius 2 is 2.05 bits per heavy atom. The van der Waals surface area contributed by atoms with Crippen molar-refractivity contribution in [2.75, 3.05) is 0 Å². The van der Waals surface area contributed by atoms with Crippen LogP contribution in [-0.2, 0) is 0 Å². The van der Waals surface area contributed by atoms with Crippen LogP contribution >= 0.6 is 0 Å². The van der Waals surface area contributed by atoms with Crippen molar-refractivity contribution < 1.29 is 8.81 Å². The standard InChI is InChI=1S/C16H22FNO/c1-3-5-6-11(4-2)16(18)15-10-12-9-13(17)7-8-14(12)19-15/h7-11,16H,3-6,18H2,1-2H3. The van der Waals surface area contributed by atoms with E-state index < -0.39 is 0 Å². The zero-order valence-corrected chi connectivity index (χ0v) is 11.7. The van der Waals surface area contributed by atoms with Crippen LogP contribution in [0.2, 0.25) is 0 Å². The summed E-state index contributed by atoms with van der Waals surface area (Å²) in [6, 6.07) is 6.33. The monoisotopic (exact) mass is 263 g/mol. The summed E-state index contributed by atoms with van der Waals surface area (Å²) in [6.07, 6.45) is 4.50. The molecule has 1 aromatic carbocycles. The van der Waals surface area contributed by atoms with Crippen LogP contribution in [0, 0.1) is 11.7 Å². The molecule has 0 aliphatic heterocycles. The first-order chi connectivity index (χ1) is 9.15. The van der Waals surface area contributed by atoms with Crippen LogP contribution in [0.1, 0.15) is 51.3 Å². The lowest BCUT2D eigenvalue weighted by atomic mass is 9.90. The maximum atomic E-state index is 13.2. The molecule has 0 aliphatic carbocycles. The number of rotatable bonds is 6. The number of nitrogens with two attached hydrogens (primary N) is 1. The van der Waals surface area contributed by atoms with Crippen LogP contribution in [0.5, 0.6) is 0 Å². The van der Waals surface area contributed by atoms with Crippen molar-refractivity contribution in [1.29, 1.82) is 0 Å². The van der Waals surface area contributed by atoms with Gasteiger partial charge in [0.2, 0.25) is 0 Å². The van der Waals surface area contributed by atoms with E-state index in [1.165, 1.54) is 25.0 Å². The van der Waals surface area contributed by atoms with E-state index in [-0.39, 0.29) is 11.9 Å². The van der Waals surface area contributed by atoms with Gasteiger partial charge in [0.15, 0.2) is 0 Å². The maximum absolute atomic E-state index is 13.2. The minimum absolute atomic E-state index is 0.105. The minimum Gasteiger partial charge on any atom is -0.459 e. The molecule has 19 heavy (non-hydrogen) atoms. The number of fused-ring (bicyclic) bond motifs is 1. The molecule has 0 aliphatic rings. The molecule has 2 nitrogen and oxygen atoms in total. The van der Waals surface area contributed by atoms with Crippen LogP contribution in [0.3, 0.4) is 0 Å². The molecule has 104 valence electrons. The maximum Gasteiger partial charge on any atom is 0.134 e. The average molecular weight is 263 g/mol. The van der Waals surface area contributed by atoms with Crippen LogP contribution in [-0.4, -0.2) is 0 Å². The van der Waals surface area contributed by atoms with Crippen molar-refractivity contribution in [1.82, 2.24) is 0 Å². The van der Waals surface area contributed by atoms with Crippen molar-refractivity contribution in [3.05, 3.63) is 35.8 Å². The molecule has 3 heteroatoms. The first kappa shape index (κ1) is 14.1. The lowest BCUT2D eigenvalue weighted by Crippen LogP contribution is -2.20. The van der Waals surface area contributed by atoms with Crippen molar-refractivity contribution in [3.8, 4) is 0 Å². The van der Waals surface area contributed by atoms with Crippen molar-refractivity contribution in [2.45, 2.75) is 45.6 Å². The summed E-state index contributed by atoms with van der Waals surface area (Å²) in [6.45, 7) is 4.34. The number of hydrogen-bond acceptors (Lipinski definition) is 2. The molecular formula is C16H22FNO. The van der Waals surface area contributed by atoms with E-state index in [0.29, 0.717) is 11.5 Å². The normalized spacial score (nSPS) is 14.7. The first-order valence-corrected chi connectivity index (χ1v) is 7.10. The SMILES string of the molecule is CCCCC(CC)C(N)c1cc2cc(F)ccc2o1. The Bertz CT molecular complexity index is 535. The zero-order valence-electron chi connectivity index (χ0n) is 11.7. The van der Waals surface area contributed by atoms with Gasteiger partial charge in [0.05, 0.1) is 6.04 Å². The number of furan rings is 1. The second-order valence-corrected chi connectivity index (χ2v) is 5.17. The predicted octanol–water partition coefficient (Wildman–Crippen LogP) is 4.79. The van der Waals surface area contributed by atoms with E-state index in [0.717, 1.165) is 24.0 Å². The van der Waals surface area contributed by atoms with Crippen molar-refractivity contribution in [3.63, 3.8) is 0 Å². The summed E-state index contributed by atoms with van der Waals surface area (Å²) in [5, 5.41) is 0.788. The molecule has 2 atom stereocenters. The Hall–Kier alpha value is -1.35. The van der Waals surface area contributed by atoms with Crippen LogP contribution in [0.15, 0.2) is 28.7 Å². The van der Waals surface area contributed by atoms with Gasteiger partial charge in [-0.05, 0) is 36.6 Å². The summed E-state index contributed by atoms with van der Waals surface area (Å²) in [5.41, 5.74) is 7.01. The third kappa shape index (κ3) is 3.16. The fourth-order valence-corrected chi connectivity index (χ4v) is 2.54. The highest BCUT2D eigenvalue weighted by Gasteiger charge is 2.21. The molecule has 2 aromatic rings. The Labute approximate surface area is 113 Å². The van der Waals surface area contributed by atoms with Gasteiger partial charge in [-0.25, -0.2) is 4.39 Å². The number of benzene rings is 1. The molecule has 1 aromatic heterocycles. The molecule has 0 fully saturated rings. The molecule has 0 radical (unpaired) electrons. The molecule has 1 heterocycles. The van der Waals surface area contributed by atoms with Gasteiger partial charge in [-0.15, -0.1) is 0 Å². The van der Waals surface area contributed by atoms with Crippen molar-refractivity contribution in [2.24, 2.45) is 11.7 Å². The average Bonchev–Trinajstić information content (AvgIpc) is 2.82. The molecule has 0 amide bonds. The van der Waals surface area contributed by atoms with E-state index in [1.54, 1.807) is 6.07 Å². The summed E-state index contributed by atoms with van der Waals surface area (Å²) >= 11 is 0. The first-order valence-electron chi connectivity index (χ1n) is 7.10. The Balaban J connectivity index is 2.22. The van der Waals surface area contributed by atoms with E-state index in [1.807, 2.05) is 6.07 Å². The van der Waals surface area contributed by atoms with Gasteiger partial charge in [0.1, 0.15) is 17.2 Å². The van der Waals surface area contributed by atoms with Gasteiger partial charge >= 0.3 is 0 Å². The molecular weight excluding hydrogens is 241 g/mol. The third-order valence-electron chi connectivity index (χ3n) is 3.79. The van der Waals surface area contributed by atoms with Crippen LogP contribution in [0.4, 0.5) is 4.39 Å². The Kier molecular flexibility index (Phi) is 4.59. The topological polar surface area (TPSA) is 39.2 Å². The lowest BCUT2D eigenvalue weighted by Gasteiger charge is -2.20. The van der Waals surface area contributed by atoms with Gasteiger partial charge in [-0.2, -0.15) is 0 Å². The third-order valence-corrected chi connectivity index (χ3v) is 3.79. The fourth-order valence-electron chi connectivity index (χ4n) is 2.54. The molecule has 0 saturated heterocycles. The summed E-state index contributed by atoms with van der Waals surface area (Å²) in [4.78, 5) is 0. The van der Waals surface area contributed by atoms with Crippen LogP contribution in [0.25, 0.3) is 11.0 Å². The Morgan fingerprint density at radius 1 is 1.26 bits per heavy atom. The van der Waals surface area contributed by atoms with Gasteiger partial charge in [0.25, 0.3) is 0 Å². The van der Waals surface area contributed by atoms with Gasteiger partial charge < -0.3 is 10.2 Å². The molecule has 2 rings (SSSR count). The highest BCUT2D eigenvalue weighted by Crippen LogP contribution is 2.31. The molecule has 0 spiro atoms. The highest BCUT2D eigenvalue weighted by molar-refractivity contribution is 5.78. The molecule has 0 saturated carbocycles. The quantitative estimate of drug-likeness (QED) is 0.814. The number of unbranched alkanes of at least 4 members (excludes halogenated alkanes) is 1. The van der Waals surface area contributed by atoms with E-state index in [2.05, 4.69) is 13.8 Å². The summed E-state index contributed by atoms with van der Waals surface area (Å²) in [5.74, 6) is 0.945. The second kappa shape index (κ2) is 6.20. The molecule has 2 N–H and O–H groups in total. The second-order valence-electron chi connectivity index (χ2n) is 5.17. The zero-order chi connectivity index (χ0) is 13.8. The van der Waals surface area contributed by atoms with Gasteiger partial charge in [-0.1, -0.05) is 33.1 Å². The number of halogens is 1. The van der Waals surface area contributed by atoms with E-state index >= 15 is 0 Å². The largest absolute Gasteiger partial charge is 0.459 e. The smallest absolute Gasteiger partial charge is 0.134 e.